The van der Waals surface area contributed by atoms with E-state index in [2.05, 4.69) is 25.6 Å². The van der Waals surface area contributed by atoms with Crippen LogP contribution in [-0.2, 0) is 11.3 Å². The predicted molar refractivity (Wildman–Crippen MR) is 85.2 cm³/mol. The summed E-state index contributed by atoms with van der Waals surface area (Å²) in [5.74, 6) is 0.160. The molecule has 0 spiro atoms. The topological polar surface area (TPSA) is 29.5 Å². The van der Waals surface area contributed by atoms with Crippen LogP contribution in [0.25, 0.3) is 0 Å². The van der Waals surface area contributed by atoms with Crippen molar-refractivity contribution in [3.05, 3.63) is 48.0 Å². The number of hydrogen-bond acceptors (Lipinski definition) is 2. The van der Waals surface area contributed by atoms with Crippen molar-refractivity contribution in [2.75, 3.05) is 0 Å². The second kappa shape index (κ2) is 5.92. The van der Waals surface area contributed by atoms with Gasteiger partial charge in [-0.25, -0.2) is 4.79 Å². The maximum Gasteiger partial charge on any atom is 0.410 e. The summed E-state index contributed by atoms with van der Waals surface area (Å²) in [6.07, 6.45) is 2.59. The highest BCUT2D eigenvalue weighted by molar-refractivity contribution is 5.69. The number of hydrogen-bond donors (Lipinski definition) is 0. The lowest BCUT2D eigenvalue weighted by atomic mass is 9.82. The zero-order chi connectivity index (χ0) is 15.6. The minimum absolute atomic E-state index is 0.104. The highest BCUT2D eigenvalue weighted by atomic mass is 16.6. The highest BCUT2D eigenvalue weighted by Crippen LogP contribution is 2.36. The van der Waals surface area contributed by atoms with Crippen LogP contribution in [0.1, 0.15) is 51.2 Å². The van der Waals surface area contributed by atoms with Gasteiger partial charge >= 0.3 is 6.09 Å². The number of benzene rings is 1. The first-order valence-corrected chi connectivity index (χ1v) is 7.57. The second-order valence-electron chi connectivity index (χ2n) is 6.54. The molecule has 0 aliphatic carbocycles. The second-order valence-corrected chi connectivity index (χ2v) is 6.54. The van der Waals surface area contributed by atoms with Gasteiger partial charge in [-0.05, 0) is 38.3 Å². The summed E-state index contributed by atoms with van der Waals surface area (Å²) in [7, 11) is 0. The maximum atomic E-state index is 12.5. The van der Waals surface area contributed by atoms with E-state index in [9.17, 15) is 4.79 Å². The van der Waals surface area contributed by atoms with Gasteiger partial charge in [0, 0.05) is 18.5 Å². The van der Waals surface area contributed by atoms with Crippen LogP contribution in [0, 0.1) is 0 Å². The smallest absolute Gasteiger partial charge is 0.410 e. The summed E-state index contributed by atoms with van der Waals surface area (Å²) < 4.78 is 5.57. The number of nitrogens with zero attached hydrogens (tertiary/aromatic N) is 1. The third-order valence-corrected chi connectivity index (χ3v) is 3.87. The van der Waals surface area contributed by atoms with Crippen LogP contribution in [0.2, 0.25) is 0 Å². The zero-order valence-corrected chi connectivity index (χ0v) is 13.4. The van der Waals surface area contributed by atoms with Gasteiger partial charge in [0.05, 0.1) is 0 Å². The van der Waals surface area contributed by atoms with E-state index in [4.69, 9.17) is 4.74 Å². The average molecular weight is 287 g/mol. The van der Waals surface area contributed by atoms with E-state index in [1.165, 1.54) is 11.1 Å². The molecular weight excluding hydrogens is 262 g/mol. The SMILES string of the molecule is C=C[C@@H]1c2ccccc2CN(C(=O)OC(C)(C)C)[C@H]1CC. The van der Waals surface area contributed by atoms with Crippen molar-refractivity contribution in [2.45, 2.75) is 58.2 Å². The molecule has 3 nitrogen and oxygen atoms in total. The van der Waals surface area contributed by atoms with Gasteiger partial charge in [-0.2, -0.15) is 0 Å². The van der Waals surface area contributed by atoms with Crippen LogP contribution in [0.15, 0.2) is 36.9 Å². The van der Waals surface area contributed by atoms with Crippen LogP contribution in [0.4, 0.5) is 4.79 Å². The average Bonchev–Trinajstić information content (AvgIpc) is 2.43. The van der Waals surface area contributed by atoms with Crippen LogP contribution in [-0.4, -0.2) is 22.6 Å². The summed E-state index contributed by atoms with van der Waals surface area (Å²) in [4.78, 5) is 14.4. The Labute approximate surface area is 127 Å². The Morgan fingerprint density at radius 1 is 1.43 bits per heavy atom. The van der Waals surface area contributed by atoms with Gasteiger partial charge in [0.25, 0.3) is 0 Å². The quantitative estimate of drug-likeness (QED) is 0.750. The highest BCUT2D eigenvalue weighted by Gasteiger charge is 2.36. The number of carbonyl (C=O) groups is 1. The van der Waals surface area contributed by atoms with Crippen molar-refractivity contribution in [1.82, 2.24) is 4.90 Å². The molecule has 2 atom stereocenters. The third kappa shape index (κ3) is 3.29. The largest absolute Gasteiger partial charge is 0.444 e. The van der Waals surface area contributed by atoms with Crippen LogP contribution >= 0.6 is 0 Å². The van der Waals surface area contributed by atoms with Gasteiger partial charge in [-0.1, -0.05) is 37.3 Å². The first-order valence-electron chi connectivity index (χ1n) is 7.57. The fourth-order valence-corrected chi connectivity index (χ4v) is 2.98. The fraction of sp³-hybridized carbons (Fsp3) is 0.500. The molecule has 2 rings (SSSR count). The van der Waals surface area contributed by atoms with Gasteiger partial charge in [0.2, 0.25) is 0 Å². The summed E-state index contributed by atoms with van der Waals surface area (Å²) in [6, 6.07) is 8.38. The number of amides is 1. The number of ether oxygens (including phenoxy) is 1. The summed E-state index contributed by atoms with van der Waals surface area (Å²) >= 11 is 0. The Morgan fingerprint density at radius 3 is 2.67 bits per heavy atom. The van der Waals surface area contributed by atoms with Gasteiger partial charge < -0.3 is 4.74 Å². The molecule has 0 saturated carbocycles. The number of fused-ring (bicyclic) bond motifs is 1. The van der Waals surface area contributed by atoms with E-state index >= 15 is 0 Å². The molecule has 1 aliphatic heterocycles. The van der Waals surface area contributed by atoms with E-state index in [-0.39, 0.29) is 18.1 Å². The molecule has 3 heteroatoms. The van der Waals surface area contributed by atoms with E-state index in [0.717, 1.165) is 6.42 Å². The van der Waals surface area contributed by atoms with Crippen LogP contribution in [0.5, 0.6) is 0 Å². The van der Waals surface area contributed by atoms with Crippen molar-refractivity contribution in [3.63, 3.8) is 0 Å². The standard InChI is InChI=1S/C18H25NO2/c1-6-14-15-11-9-8-10-13(15)12-19(16(14)7-2)17(20)21-18(3,4)5/h6,8-11,14,16H,1,7,12H2,2-5H3/t14-,16+/m1/s1. The molecular formula is C18H25NO2. The van der Waals surface area contributed by atoms with Gasteiger partial charge in [0.1, 0.15) is 5.60 Å². The van der Waals surface area contributed by atoms with Crippen molar-refractivity contribution in [2.24, 2.45) is 0 Å². The van der Waals surface area contributed by atoms with Gasteiger partial charge in [0.15, 0.2) is 0 Å². The molecule has 0 N–H and O–H groups in total. The lowest BCUT2D eigenvalue weighted by Gasteiger charge is -2.41. The molecule has 0 radical (unpaired) electrons. The van der Waals surface area contributed by atoms with Crippen molar-refractivity contribution in [1.29, 1.82) is 0 Å². The maximum absolute atomic E-state index is 12.5. The molecule has 1 amide bonds. The Kier molecular flexibility index (Phi) is 4.40. The normalized spacial score (nSPS) is 21.6. The van der Waals surface area contributed by atoms with Crippen LogP contribution in [0.3, 0.4) is 0 Å². The molecule has 114 valence electrons. The van der Waals surface area contributed by atoms with Gasteiger partial charge in [-0.3, -0.25) is 4.90 Å². The molecule has 21 heavy (non-hydrogen) atoms. The summed E-state index contributed by atoms with van der Waals surface area (Å²) in [5, 5.41) is 0. The molecule has 0 unspecified atom stereocenters. The lowest BCUT2D eigenvalue weighted by Crippen LogP contribution is -2.47. The molecule has 0 fully saturated rings. The summed E-state index contributed by atoms with van der Waals surface area (Å²) in [5.41, 5.74) is 1.98. The van der Waals surface area contributed by atoms with E-state index in [1.807, 2.05) is 43.9 Å². The van der Waals surface area contributed by atoms with Gasteiger partial charge in [-0.15, -0.1) is 6.58 Å². The predicted octanol–water partition coefficient (Wildman–Crippen LogP) is 4.49. The Hall–Kier alpha value is -1.77. The van der Waals surface area contributed by atoms with Crippen molar-refractivity contribution >= 4 is 6.09 Å². The molecule has 1 aliphatic rings. The third-order valence-electron chi connectivity index (χ3n) is 3.87. The van der Waals surface area contributed by atoms with E-state index < -0.39 is 5.60 Å². The number of carbonyl (C=O) groups excluding carboxylic acids is 1. The zero-order valence-electron chi connectivity index (χ0n) is 13.4. The molecule has 1 aromatic rings. The monoisotopic (exact) mass is 287 g/mol. The minimum atomic E-state index is -0.476. The Bertz CT molecular complexity index is 530. The van der Waals surface area contributed by atoms with Crippen molar-refractivity contribution in [3.8, 4) is 0 Å². The molecule has 0 bridgehead atoms. The number of rotatable bonds is 2. The Balaban J connectivity index is 2.35. The first-order chi connectivity index (χ1) is 9.87. The molecule has 0 aromatic heterocycles. The molecule has 0 saturated heterocycles. The van der Waals surface area contributed by atoms with E-state index in [1.54, 1.807) is 0 Å². The molecule has 1 aromatic carbocycles. The van der Waals surface area contributed by atoms with E-state index in [0.29, 0.717) is 6.54 Å². The lowest BCUT2D eigenvalue weighted by molar-refractivity contribution is 0.00962. The minimum Gasteiger partial charge on any atom is -0.444 e. The molecule has 1 heterocycles. The van der Waals surface area contributed by atoms with Crippen molar-refractivity contribution < 1.29 is 9.53 Å². The fourth-order valence-electron chi connectivity index (χ4n) is 2.98. The first kappa shape index (κ1) is 15.6. The van der Waals surface area contributed by atoms with Crippen LogP contribution < -0.4 is 0 Å². The Morgan fingerprint density at radius 2 is 2.10 bits per heavy atom. The summed E-state index contributed by atoms with van der Waals surface area (Å²) in [6.45, 7) is 12.4.